The first-order chi connectivity index (χ1) is 8.24. The lowest BCUT2D eigenvalue weighted by atomic mass is 10.1. The minimum absolute atomic E-state index is 0.272. The van der Waals surface area contributed by atoms with Gasteiger partial charge in [0.15, 0.2) is 6.61 Å². The molecule has 18 heavy (non-hydrogen) atoms. The molecule has 0 bridgehead atoms. The van der Waals surface area contributed by atoms with Crippen LogP contribution in [0.2, 0.25) is 0 Å². The van der Waals surface area contributed by atoms with Crippen LogP contribution in [0.1, 0.15) is 18.9 Å². The summed E-state index contributed by atoms with van der Waals surface area (Å²) in [6, 6.07) is 5.62. The largest absolute Gasteiger partial charge is 0.413 e. The van der Waals surface area contributed by atoms with Crippen LogP contribution >= 0.6 is 0 Å². The lowest BCUT2D eigenvalue weighted by molar-refractivity contribution is -0.152. The summed E-state index contributed by atoms with van der Waals surface area (Å²) in [5.74, 6) is 0. The van der Waals surface area contributed by atoms with Crippen molar-refractivity contribution in [2.45, 2.75) is 30.8 Å². The van der Waals surface area contributed by atoms with Gasteiger partial charge in [-0.15, -0.1) is 0 Å². The third-order valence-corrected chi connectivity index (χ3v) is 3.41. The van der Waals surface area contributed by atoms with Crippen molar-refractivity contribution in [1.82, 2.24) is 0 Å². The topological polar surface area (TPSA) is 43.4 Å². The van der Waals surface area contributed by atoms with E-state index in [1.807, 2.05) is 6.92 Å². The number of rotatable bonds is 5. The van der Waals surface area contributed by atoms with Crippen molar-refractivity contribution >= 4 is 10.1 Å². The molecule has 0 atom stereocenters. The molecule has 7 heteroatoms. The maximum absolute atomic E-state index is 11.9. The normalized spacial score (nSPS) is 12.7. The predicted molar refractivity (Wildman–Crippen MR) is 59.6 cm³/mol. The SMILES string of the molecule is CCCc1ccc(S(=O)(=O)OCC(F)(F)F)cc1. The zero-order valence-electron chi connectivity index (χ0n) is 9.70. The maximum Gasteiger partial charge on any atom is 0.413 e. The van der Waals surface area contributed by atoms with E-state index in [0.29, 0.717) is 0 Å². The Bertz CT molecular complexity index is 477. The van der Waals surface area contributed by atoms with Crippen LogP contribution < -0.4 is 0 Å². The Morgan fingerprint density at radius 1 is 1.17 bits per heavy atom. The molecule has 0 fully saturated rings. The Morgan fingerprint density at radius 3 is 2.17 bits per heavy atom. The molecule has 0 radical (unpaired) electrons. The quantitative estimate of drug-likeness (QED) is 0.780. The molecule has 1 aromatic carbocycles. The second-order valence-electron chi connectivity index (χ2n) is 3.73. The molecule has 0 aromatic heterocycles. The van der Waals surface area contributed by atoms with E-state index in [4.69, 9.17) is 0 Å². The standard InChI is InChI=1S/C11H13F3O3S/c1-2-3-9-4-6-10(7-5-9)18(15,16)17-8-11(12,13)14/h4-7H,2-3,8H2,1H3. The zero-order valence-corrected chi connectivity index (χ0v) is 10.5. The van der Waals surface area contributed by atoms with Gasteiger partial charge < -0.3 is 0 Å². The Labute approximate surface area is 104 Å². The van der Waals surface area contributed by atoms with Gasteiger partial charge in [-0.3, -0.25) is 4.18 Å². The van der Waals surface area contributed by atoms with Gasteiger partial charge in [-0.25, -0.2) is 0 Å². The predicted octanol–water partition coefficient (Wildman–Crippen LogP) is 2.91. The monoisotopic (exact) mass is 282 g/mol. The number of halogens is 3. The van der Waals surface area contributed by atoms with Crippen molar-refractivity contribution in [2.24, 2.45) is 0 Å². The van der Waals surface area contributed by atoms with Crippen molar-refractivity contribution in [1.29, 1.82) is 0 Å². The molecule has 0 amide bonds. The van der Waals surface area contributed by atoms with Crippen LogP contribution in [-0.4, -0.2) is 21.2 Å². The Hall–Kier alpha value is -1.08. The van der Waals surface area contributed by atoms with E-state index in [0.717, 1.165) is 18.4 Å². The summed E-state index contributed by atoms with van der Waals surface area (Å²) in [5.41, 5.74) is 0.923. The third-order valence-electron chi connectivity index (χ3n) is 2.13. The third kappa shape index (κ3) is 4.66. The molecule has 0 heterocycles. The molecule has 0 spiro atoms. The van der Waals surface area contributed by atoms with Gasteiger partial charge in [0.05, 0.1) is 4.90 Å². The van der Waals surface area contributed by atoms with Gasteiger partial charge in [0, 0.05) is 0 Å². The molecule has 0 aliphatic rings. The second-order valence-corrected chi connectivity index (χ2v) is 5.34. The van der Waals surface area contributed by atoms with E-state index in [2.05, 4.69) is 4.18 Å². The molecular formula is C11H13F3O3S. The summed E-state index contributed by atoms with van der Waals surface area (Å²) >= 11 is 0. The van der Waals surface area contributed by atoms with E-state index in [1.54, 1.807) is 12.1 Å². The van der Waals surface area contributed by atoms with E-state index >= 15 is 0 Å². The summed E-state index contributed by atoms with van der Waals surface area (Å²) in [6.07, 6.45) is -2.99. The number of hydrogen-bond acceptors (Lipinski definition) is 3. The number of aryl methyl sites for hydroxylation is 1. The van der Waals surface area contributed by atoms with Crippen LogP contribution in [0.5, 0.6) is 0 Å². The molecule has 0 unspecified atom stereocenters. The van der Waals surface area contributed by atoms with Crippen molar-refractivity contribution in [3.05, 3.63) is 29.8 Å². The highest BCUT2D eigenvalue weighted by Gasteiger charge is 2.31. The van der Waals surface area contributed by atoms with Gasteiger partial charge in [-0.1, -0.05) is 25.5 Å². The van der Waals surface area contributed by atoms with Crippen LogP contribution in [0.3, 0.4) is 0 Å². The van der Waals surface area contributed by atoms with Gasteiger partial charge in [0.25, 0.3) is 10.1 Å². The number of alkyl halides is 3. The average molecular weight is 282 g/mol. The Kier molecular flexibility index (Phi) is 4.75. The highest BCUT2D eigenvalue weighted by molar-refractivity contribution is 7.86. The summed E-state index contributed by atoms with van der Waals surface area (Å²) in [7, 11) is -4.35. The van der Waals surface area contributed by atoms with E-state index in [-0.39, 0.29) is 4.90 Å². The van der Waals surface area contributed by atoms with Gasteiger partial charge in [0.2, 0.25) is 0 Å². The summed E-state index contributed by atoms with van der Waals surface area (Å²) in [6.45, 7) is 0.156. The minimum Gasteiger partial charge on any atom is -0.257 e. The lowest BCUT2D eigenvalue weighted by Gasteiger charge is -2.08. The fourth-order valence-corrected chi connectivity index (χ4v) is 2.22. The minimum atomic E-state index is -4.67. The first-order valence-corrected chi connectivity index (χ1v) is 6.70. The van der Waals surface area contributed by atoms with Crippen molar-refractivity contribution in [2.75, 3.05) is 6.61 Å². The first-order valence-electron chi connectivity index (χ1n) is 5.30. The number of hydrogen-bond donors (Lipinski definition) is 0. The molecule has 1 rings (SSSR count). The van der Waals surface area contributed by atoms with Crippen LogP contribution in [0, 0.1) is 0 Å². The maximum atomic E-state index is 11.9. The van der Waals surface area contributed by atoms with Gasteiger partial charge in [-0.2, -0.15) is 21.6 Å². The van der Waals surface area contributed by atoms with Crippen LogP contribution in [0.25, 0.3) is 0 Å². The molecule has 0 aliphatic carbocycles. The van der Waals surface area contributed by atoms with E-state index in [1.165, 1.54) is 12.1 Å². The summed E-state index contributed by atoms with van der Waals surface area (Å²) in [4.78, 5) is -0.272. The van der Waals surface area contributed by atoms with Crippen molar-refractivity contribution in [3.8, 4) is 0 Å². The molecule has 0 aliphatic heterocycles. The Morgan fingerprint density at radius 2 is 1.72 bits per heavy atom. The number of benzene rings is 1. The Balaban J connectivity index is 2.79. The summed E-state index contributed by atoms with van der Waals surface area (Å²) in [5, 5.41) is 0. The molecule has 3 nitrogen and oxygen atoms in total. The van der Waals surface area contributed by atoms with Gasteiger partial charge in [-0.05, 0) is 24.1 Å². The van der Waals surface area contributed by atoms with Gasteiger partial charge >= 0.3 is 6.18 Å². The highest BCUT2D eigenvalue weighted by Crippen LogP contribution is 2.20. The molecular weight excluding hydrogens is 269 g/mol. The summed E-state index contributed by atoms with van der Waals surface area (Å²) < 4.78 is 62.4. The fourth-order valence-electron chi connectivity index (χ4n) is 1.32. The average Bonchev–Trinajstić information content (AvgIpc) is 2.27. The van der Waals surface area contributed by atoms with Gasteiger partial charge in [0.1, 0.15) is 0 Å². The first kappa shape index (κ1) is 15.0. The molecule has 0 N–H and O–H groups in total. The van der Waals surface area contributed by atoms with Crippen LogP contribution in [-0.2, 0) is 20.7 Å². The van der Waals surface area contributed by atoms with Crippen molar-refractivity contribution < 1.29 is 25.8 Å². The van der Waals surface area contributed by atoms with Crippen LogP contribution in [0.15, 0.2) is 29.2 Å². The molecule has 0 saturated carbocycles. The fraction of sp³-hybridized carbons (Fsp3) is 0.455. The smallest absolute Gasteiger partial charge is 0.257 e. The van der Waals surface area contributed by atoms with Crippen molar-refractivity contribution in [3.63, 3.8) is 0 Å². The molecule has 0 saturated heterocycles. The zero-order chi connectivity index (χ0) is 13.8. The van der Waals surface area contributed by atoms with E-state index in [9.17, 15) is 21.6 Å². The molecule has 1 aromatic rings. The highest BCUT2D eigenvalue weighted by atomic mass is 32.2. The lowest BCUT2D eigenvalue weighted by Crippen LogP contribution is -2.20. The van der Waals surface area contributed by atoms with Crippen LogP contribution in [0.4, 0.5) is 13.2 Å². The van der Waals surface area contributed by atoms with E-state index < -0.39 is 22.9 Å². The molecule has 102 valence electrons. The second kappa shape index (κ2) is 5.71.